The second-order valence-corrected chi connectivity index (χ2v) is 10.5. The monoisotopic (exact) mass is 403 g/mol. The third-order valence-electron chi connectivity index (χ3n) is 7.30. The summed E-state index contributed by atoms with van der Waals surface area (Å²) in [6, 6.07) is 0.369. The molecule has 4 rings (SSSR count). The van der Waals surface area contributed by atoms with E-state index in [2.05, 4.69) is 31.1 Å². The zero-order chi connectivity index (χ0) is 20.1. The highest BCUT2D eigenvalue weighted by molar-refractivity contribution is 7.15. The van der Waals surface area contributed by atoms with Crippen molar-refractivity contribution in [3.8, 4) is 0 Å². The highest BCUT2D eigenvalue weighted by atomic mass is 32.1. The summed E-state index contributed by atoms with van der Waals surface area (Å²) in [6.45, 7) is 11.0. The maximum atomic E-state index is 12.6. The van der Waals surface area contributed by atoms with E-state index >= 15 is 0 Å². The molecule has 2 saturated carbocycles. The van der Waals surface area contributed by atoms with E-state index in [0.29, 0.717) is 12.6 Å². The molecule has 154 valence electrons. The molecule has 0 bridgehead atoms. The number of rotatable bonds is 6. The van der Waals surface area contributed by atoms with Crippen LogP contribution in [0.25, 0.3) is 0 Å². The first kappa shape index (κ1) is 19.9. The van der Waals surface area contributed by atoms with Gasteiger partial charge in [-0.15, -0.1) is 17.9 Å². The van der Waals surface area contributed by atoms with Gasteiger partial charge in [0.05, 0.1) is 11.8 Å². The number of amides is 1. The first-order valence-electron chi connectivity index (χ1n) is 10.7. The lowest BCUT2D eigenvalue weighted by molar-refractivity contribution is -0.134. The lowest BCUT2D eigenvalue weighted by Crippen LogP contribution is -2.53. The Morgan fingerprint density at radius 2 is 2.21 bits per heavy atom. The molecule has 1 heterocycles. The second kappa shape index (κ2) is 7.45. The van der Waals surface area contributed by atoms with Gasteiger partial charge in [-0.1, -0.05) is 26.8 Å². The first-order chi connectivity index (χ1) is 13.3. The quantitative estimate of drug-likeness (QED) is 0.633. The van der Waals surface area contributed by atoms with Crippen molar-refractivity contribution in [1.29, 1.82) is 0 Å². The van der Waals surface area contributed by atoms with Crippen LogP contribution in [-0.2, 0) is 11.2 Å². The molecular formula is C22H33N3O2S. The van der Waals surface area contributed by atoms with Gasteiger partial charge in [0, 0.05) is 29.3 Å². The van der Waals surface area contributed by atoms with E-state index in [1.165, 1.54) is 4.88 Å². The van der Waals surface area contributed by atoms with Crippen molar-refractivity contribution in [1.82, 2.24) is 10.3 Å². The van der Waals surface area contributed by atoms with Gasteiger partial charge in [0.15, 0.2) is 5.13 Å². The molecule has 2 fully saturated rings. The number of anilines is 1. The van der Waals surface area contributed by atoms with Crippen LogP contribution in [0.5, 0.6) is 0 Å². The standard InChI is InChI=1S/C22H33N3O2S/c1-5-10-23-21-25-18-13(3)17-19(26)15(12(2)20(27)24-14-6-7-14)8-9-22(17,4)11-16(18)28-21/h5,12-15,17,19,26H,1,6-11H2,2-4H3,(H,23,25)(H,24,27). The van der Waals surface area contributed by atoms with Gasteiger partial charge in [-0.25, -0.2) is 4.98 Å². The van der Waals surface area contributed by atoms with Crippen molar-refractivity contribution in [2.45, 2.75) is 70.9 Å². The summed E-state index contributed by atoms with van der Waals surface area (Å²) in [5.74, 6) is 0.334. The van der Waals surface area contributed by atoms with Crippen molar-refractivity contribution < 1.29 is 9.90 Å². The Kier molecular flexibility index (Phi) is 5.29. The molecule has 3 aliphatic carbocycles. The minimum atomic E-state index is -0.465. The van der Waals surface area contributed by atoms with Crippen LogP contribution < -0.4 is 10.6 Å². The third-order valence-corrected chi connectivity index (χ3v) is 8.33. The van der Waals surface area contributed by atoms with Crippen molar-refractivity contribution in [2.24, 2.45) is 23.2 Å². The average Bonchev–Trinajstić information content (AvgIpc) is 3.36. The van der Waals surface area contributed by atoms with Crippen molar-refractivity contribution in [3.05, 3.63) is 23.2 Å². The number of thiazole rings is 1. The van der Waals surface area contributed by atoms with Crippen LogP contribution >= 0.6 is 11.3 Å². The highest BCUT2D eigenvalue weighted by Crippen LogP contribution is 2.57. The predicted molar refractivity (Wildman–Crippen MR) is 114 cm³/mol. The molecule has 6 heteroatoms. The Labute approximate surface area is 172 Å². The summed E-state index contributed by atoms with van der Waals surface area (Å²) in [5.41, 5.74) is 1.20. The van der Waals surface area contributed by atoms with Crippen molar-refractivity contribution in [3.63, 3.8) is 0 Å². The van der Waals surface area contributed by atoms with Gasteiger partial charge in [-0.05, 0) is 49.4 Å². The Morgan fingerprint density at radius 1 is 1.46 bits per heavy atom. The number of hydrogen-bond acceptors (Lipinski definition) is 5. The summed E-state index contributed by atoms with van der Waals surface area (Å²) < 4.78 is 0. The molecule has 6 atom stereocenters. The van der Waals surface area contributed by atoms with Gasteiger partial charge in [0.1, 0.15) is 0 Å². The van der Waals surface area contributed by atoms with E-state index < -0.39 is 6.10 Å². The summed E-state index contributed by atoms with van der Waals surface area (Å²) in [4.78, 5) is 18.8. The van der Waals surface area contributed by atoms with Crippen LogP contribution in [0.15, 0.2) is 12.7 Å². The molecule has 0 aromatic carbocycles. The number of hydrogen-bond donors (Lipinski definition) is 3. The van der Waals surface area contributed by atoms with E-state index in [1.54, 1.807) is 11.3 Å². The number of aliphatic hydroxyl groups is 1. The van der Waals surface area contributed by atoms with Crippen molar-refractivity contribution in [2.75, 3.05) is 11.9 Å². The van der Waals surface area contributed by atoms with Gasteiger partial charge in [-0.3, -0.25) is 4.79 Å². The predicted octanol–water partition coefficient (Wildman–Crippen LogP) is 3.71. The fraction of sp³-hybridized carbons (Fsp3) is 0.727. The zero-order valence-corrected chi connectivity index (χ0v) is 18.0. The fourth-order valence-electron chi connectivity index (χ4n) is 5.54. The van der Waals surface area contributed by atoms with Gasteiger partial charge >= 0.3 is 0 Å². The first-order valence-corrected chi connectivity index (χ1v) is 11.5. The SMILES string of the molecule is C=CCNc1nc2c(s1)CC1(C)CCC(C(C)C(=O)NC3CC3)C(O)C1C2C. The molecule has 0 aliphatic heterocycles. The van der Waals surface area contributed by atoms with Gasteiger partial charge in [0.2, 0.25) is 5.91 Å². The lowest BCUT2D eigenvalue weighted by atomic mass is 9.53. The number of carbonyl (C=O) groups is 1. The molecule has 1 aromatic rings. The molecule has 0 saturated heterocycles. The zero-order valence-electron chi connectivity index (χ0n) is 17.2. The smallest absolute Gasteiger partial charge is 0.223 e. The summed E-state index contributed by atoms with van der Waals surface area (Å²) in [5, 5.41) is 18.8. The van der Waals surface area contributed by atoms with Crippen LogP contribution in [0.2, 0.25) is 0 Å². The Balaban J connectivity index is 1.55. The molecule has 3 N–H and O–H groups in total. The molecule has 3 aliphatic rings. The van der Waals surface area contributed by atoms with Crippen LogP contribution in [0, 0.1) is 23.2 Å². The average molecular weight is 404 g/mol. The largest absolute Gasteiger partial charge is 0.392 e. The van der Waals surface area contributed by atoms with E-state index in [0.717, 1.165) is 42.9 Å². The molecule has 0 spiro atoms. The topological polar surface area (TPSA) is 74.2 Å². The molecule has 28 heavy (non-hydrogen) atoms. The molecule has 1 aromatic heterocycles. The number of aliphatic hydroxyl groups excluding tert-OH is 1. The van der Waals surface area contributed by atoms with E-state index in [4.69, 9.17) is 4.98 Å². The highest BCUT2D eigenvalue weighted by Gasteiger charge is 2.54. The van der Waals surface area contributed by atoms with Crippen LogP contribution in [-0.4, -0.2) is 34.7 Å². The minimum Gasteiger partial charge on any atom is -0.392 e. The molecule has 1 amide bonds. The van der Waals surface area contributed by atoms with Crippen LogP contribution in [0.4, 0.5) is 5.13 Å². The number of nitrogens with one attached hydrogen (secondary N) is 2. The van der Waals surface area contributed by atoms with Crippen molar-refractivity contribution >= 4 is 22.4 Å². The molecule has 5 nitrogen and oxygen atoms in total. The number of nitrogens with zero attached hydrogens (tertiary/aromatic N) is 1. The minimum absolute atomic E-state index is 0.0258. The Bertz CT molecular complexity index is 759. The van der Waals surface area contributed by atoms with Gasteiger partial charge in [-0.2, -0.15) is 0 Å². The Hall–Kier alpha value is -1.40. The number of carbonyl (C=O) groups excluding carboxylic acids is 1. The van der Waals surface area contributed by atoms with Crippen LogP contribution in [0.1, 0.15) is 62.9 Å². The lowest BCUT2D eigenvalue weighted by Gasteiger charge is -2.53. The Morgan fingerprint density at radius 3 is 2.89 bits per heavy atom. The third kappa shape index (κ3) is 3.50. The normalized spacial score (nSPS) is 35.4. The maximum Gasteiger partial charge on any atom is 0.223 e. The molecular weight excluding hydrogens is 370 g/mol. The fourth-order valence-corrected chi connectivity index (χ4v) is 6.81. The second-order valence-electron chi connectivity index (χ2n) is 9.41. The number of aromatic nitrogens is 1. The number of fused-ring (bicyclic) bond motifs is 2. The van der Waals surface area contributed by atoms with E-state index in [-0.39, 0.29) is 35.0 Å². The van der Waals surface area contributed by atoms with Crippen LogP contribution in [0.3, 0.4) is 0 Å². The van der Waals surface area contributed by atoms with Gasteiger partial charge in [0.25, 0.3) is 0 Å². The molecule has 6 unspecified atom stereocenters. The summed E-state index contributed by atoms with van der Waals surface area (Å²) in [7, 11) is 0. The maximum absolute atomic E-state index is 12.6. The summed E-state index contributed by atoms with van der Waals surface area (Å²) in [6.07, 6.45) is 6.50. The van der Waals surface area contributed by atoms with Gasteiger partial charge < -0.3 is 15.7 Å². The van der Waals surface area contributed by atoms with E-state index in [9.17, 15) is 9.90 Å². The summed E-state index contributed by atoms with van der Waals surface area (Å²) >= 11 is 1.74. The van der Waals surface area contributed by atoms with E-state index in [1.807, 2.05) is 13.0 Å². The molecule has 0 radical (unpaired) electrons.